The van der Waals surface area contributed by atoms with Gasteiger partial charge in [0, 0.05) is 5.56 Å². The van der Waals surface area contributed by atoms with E-state index < -0.39 is 34.4 Å². The predicted octanol–water partition coefficient (Wildman–Crippen LogP) is 14.3. The summed E-state index contributed by atoms with van der Waals surface area (Å²) in [4.78, 5) is 34.9. The van der Waals surface area contributed by atoms with Crippen LogP contribution in [-0.2, 0) is 37.8 Å². The molecule has 0 atom stereocenters. The second-order valence-electron chi connectivity index (χ2n) is 20.0. The number of carbonyl (C=O) groups is 3. The van der Waals surface area contributed by atoms with E-state index in [0.717, 1.165) is 115 Å². The molecular formula is C55H69F6NO7. The molecule has 69 heavy (non-hydrogen) atoms. The summed E-state index contributed by atoms with van der Waals surface area (Å²) < 4.78 is 105. The summed E-state index contributed by atoms with van der Waals surface area (Å²) in [7, 11) is 2.81. The molecule has 0 amide bonds. The van der Waals surface area contributed by atoms with Crippen molar-refractivity contribution in [2.45, 2.75) is 172 Å². The number of benzene rings is 4. The van der Waals surface area contributed by atoms with Crippen LogP contribution in [0, 0.1) is 17.3 Å². The summed E-state index contributed by atoms with van der Waals surface area (Å²) >= 11 is 0. The minimum absolute atomic E-state index is 0.00813. The molecule has 0 bridgehead atoms. The van der Waals surface area contributed by atoms with Crippen molar-refractivity contribution >= 4 is 39.8 Å². The average molecular weight is 970 g/mol. The van der Waals surface area contributed by atoms with E-state index in [4.69, 9.17) is 19.9 Å². The number of ether oxygens (including phenoxy) is 4. The molecule has 0 spiro atoms. The lowest BCUT2D eigenvalue weighted by molar-refractivity contribution is -0.155. The Labute approximate surface area is 402 Å². The van der Waals surface area contributed by atoms with Crippen LogP contribution in [0.1, 0.15) is 163 Å². The van der Waals surface area contributed by atoms with E-state index in [1.165, 1.54) is 63.1 Å². The Bertz CT molecular complexity index is 2350. The number of fused-ring (bicyclic) bond motifs is 2. The molecule has 4 saturated carbocycles. The quantitative estimate of drug-likeness (QED) is 0.0949. The molecule has 14 heteroatoms. The highest BCUT2D eigenvalue weighted by atomic mass is 19.4. The standard InChI is InChI=1S/C28H35F3O3.C19H19F3O2.C8H15NO2/c1-19-9-11-21(12-10-19)34-24-14-13-22-20(7-6-8-23(22)25(24)28(29,30)31)15-18-27(26(32)33-2)16-4-3-5-17-27;1-12-5-7-14(8-6-12)24-17-10-9-15-13(11-23)3-2-4-16(15)18(17)19(20,21)22;1-11-7(10)8(9)5-3-2-4-6-8/h6-8,13-14,19,21H,3-5,9-12,15-18H2,1-2H3;2-4,9-12,14H,5-8H2,1H3;2-6,9H2,1H3. The van der Waals surface area contributed by atoms with Crippen LogP contribution in [0.3, 0.4) is 0 Å². The van der Waals surface area contributed by atoms with Gasteiger partial charge in [-0.1, -0.05) is 94.8 Å². The van der Waals surface area contributed by atoms with Crippen molar-refractivity contribution in [1.29, 1.82) is 0 Å². The number of alkyl halides is 6. The number of aldehydes is 1. The first-order valence-corrected chi connectivity index (χ1v) is 24.8. The Hall–Kier alpha value is -4.85. The number of hydrogen-bond donors (Lipinski definition) is 1. The summed E-state index contributed by atoms with van der Waals surface area (Å²) in [6, 6.07) is 15.6. The predicted molar refractivity (Wildman–Crippen MR) is 255 cm³/mol. The maximum atomic E-state index is 14.3. The lowest BCUT2D eigenvalue weighted by atomic mass is 9.70. The molecule has 0 heterocycles. The van der Waals surface area contributed by atoms with Gasteiger partial charge in [0.2, 0.25) is 0 Å². The van der Waals surface area contributed by atoms with E-state index in [1.54, 1.807) is 12.1 Å². The van der Waals surface area contributed by atoms with E-state index >= 15 is 0 Å². The zero-order valence-corrected chi connectivity index (χ0v) is 40.5. The average Bonchev–Trinajstić information content (AvgIpc) is 3.33. The molecule has 0 radical (unpaired) electrons. The van der Waals surface area contributed by atoms with Crippen LogP contribution in [0.15, 0.2) is 60.7 Å². The van der Waals surface area contributed by atoms with Gasteiger partial charge in [0.25, 0.3) is 0 Å². The van der Waals surface area contributed by atoms with Crippen molar-refractivity contribution in [2.75, 3.05) is 14.2 Å². The van der Waals surface area contributed by atoms with E-state index in [9.17, 15) is 40.7 Å². The summed E-state index contributed by atoms with van der Waals surface area (Å²) in [5, 5.41) is 1.05. The zero-order valence-electron chi connectivity index (χ0n) is 40.5. The number of nitrogens with two attached hydrogens (primary N) is 1. The molecule has 4 fully saturated rings. The molecule has 0 aliphatic heterocycles. The molecule has 4 aliphatic rings. The van der Waals surface area contributed by atoms with Crippen LogP contribution in [0.4, 0.5) is 26.3 Å². The molecule has 378 valence electrons. The Morgan fingerprint density at radius 1 is 0.594 bits per heavy atom. The number of rotatable bonds is 10. The smallest absolute Gasteiger partial charge is 0.420 e. The zero-order chi connectivity index (χ0) is 50.0. The second-order valence-corrected chi connectivity index (χ2v) is 20.0. The maximum absolute atomic E-state index is 14.3. The molecule has 8 rings (SSSR count). The fraction of sp³-hybridized carbons (Fsp3) is 0.582. The number of halogens is 6. The summed E-state index contributed by atoms with van der Waals surface area (Å²) in [6.45, 7) is 4.32. The third-order valence-corrected chi connectivity index (χ3v) is 15.0. The lowest BCUT2D eigenvalue weighted by Crippen LogP contribution is -2.49. The molecule has 0 aromatic heterocycles. The third kappa shape index (κ3) is 13.3. The molecule has 0 saturated heterocycles. The van der Waals surface area contributed by atoms with Crippen molar-refractivity contribution < 1.29 is 59.7 Å². The minimum Gasteiger partial charge on any atom is -0.490 e. The number of esters is 2. The maximum Gasteiger partial charge on any atom is 0.420 e. The topological polar surface area (TPSA) is 114 Å². The Balaban J connectivity index is 0.000000193. The number of aryl methyl sites for hydroxylation is 1. The highest BCUT2D eigenvalue weighted by molar-refractivity contribution is 6.00. The third-order valence-electron chi connectivity index (χ3n) is 15.0. The normalized spacial score (nSPS) is 22.5. The highest BCUT2D eigenvalue weighted by Gasteiger charge is 2.42. The Morgan fingerprint density at radius 3 is 1.51 bits per heavy atom. The molecule has 4 aliphatic carbocycles. The van der Waals surface area contributed by atoms with Crippen molar-refractivity contribution in [3.63, 3.8) is 0 Å². The van der Waals surface area contributed by atoms with Gasteiger partial charge in [-0.15, -0.1) is 0 Å². The fourth-order valence-corrected chi connectivity index (χ4v) is 10.9. The van der Waals surface area contributed by atoms with Gasteiger partial charge in [0.1, 0.15) is 28.2 Å². The summed E-state index contributed by atoms with van der Waals surface area (Å²) in [6.07, 6.45) is 8.70. The van der Waals surface area contributed by atoms with E-state index in [0.29, 0.717) is 41.7 Å². The van der Waals surface area contributed by atoms with Crippen LogP contribution in [0.2, 0.25) is 0 Å². The number of carbonyl (C=O) groups excluding carboxylic acids is 3. The van der Waals surface area contributed by atoms with Crippen LogP contribution < -0.4 is 15.2 Å². The number of methoxy groups -OCH3 is 2. The van der Waals surface area contributed by atoms with Crippen LogP contribution in [-0.4, -0.2) is 50.2 Å². The van der Waals surface area contributed by atoms with Crippen LogP contribution in [0.5, 0.6) is 11.5 Å². The first-order chi connectivity index (χ1) is 32.8. The van der Waals surface area contributed by atoms with Gasteiger partial charge in [0.05, 0.1) is 31.8 Å². The van der Waals surface area contributed by atoms with Crippen molar-refractivity contribution in [3.8, 4) is 11.5 Å². The summed E-state index contributed by atoms with van der Waals surface area (Å²) in [5.74, 6) is 0.531. The second kappa shape index (κ2) is 23.4. The first kappa shape index (κ1) is 53.5. The SMILES string of the molecule is CC1CCC(Oc2ccc3c(C=O)cccc3c2C(F)(F)F)CC1.COC(=O)C1(CCc2cccc3c(C(F)(F)F)c(OC4CCC(C)CC4)ccc23)CCCCC1.COC(=O)C1(N)CCCCC1. The molecule has 4 aromatic rings. The van der Waals surface area contributed by atoms with Gasteiger partial charge in [-0.2, -0.15) is 26.3 Å². The lowest BCUT2D eigenvalue weighted by Gasteiger charge is -2.34. The van der Waals surface area contributed by atoms with Crippen molar-refractivity contribution in [3.05, 3.63) is 82.9 Å². The molecule has 0 unspecified atom stereocenters. The number of hydrogen-bond acceptors (Lipinski definition) is 8. The van der Waals surface area contributed by atoms with Gasteiger partial charge < -0.3 is 24.7 Å². The van der Waals surface area contributed by atoms with Crippen molar-refractivity contribution in [2.24, 2.45) is 23.0 Å². The molecular weight excluding hydrogens is 901 g/mol. The van der Waals surface area contributed by atoms with Gasteiger partial charge >= 0.3 is 24.3 Å². The van der Waals surface area contributed by atoms with Crippen molar-refractivity contribution in [1.82, 2.24) is 0 Å². The van der Waals surface area contributed by atoms with E-state index in [-0.39, 0.29) is 52.0 Å². The van der Waals surface area contributed by atoms with Gasteiger partial charge in [0.15, 0.2) is 6.29 Å². The largest absolute Gasteiger partial charge is 0.490 e. The Morgan fingerprint density at radius 2 is 1.04 bits per heavy atom. The molecule has 4 aromatic carbocycles. The summed E-state index contributed by atoms with van der Waals surface area (Å²) in [5.41, 5.74) is 4.22. The highest BCUT2D eigenvalue weighted by Crippen LogP contribution is 2.46. The first-order valence-electron chi connectivity index (χ1n) is 24.8. The van der Waals surface area contributed by atoms with E-state index in [1.807, 2.05) is 6.07 Å². The monoisotopic (exact) mass is 969 g/mol. The fourth-order valence-electron chi connectivity index (χ4n) is 10.9. The molecule has 2 N–H and O–H groups in total. The van der Waals surface area contributed by atoms with Gasteiger partial charge in [-0.25, -0.2) is 0 Å². The van der Waals surface area contributed by atoms with Gasteiger partial charge in [-0.3, -0.25) is 14.4 Å². The van der Waals surface area contributed by atoms with Crippen LogP contribution in [0.25, 0.3) is 21.5 Å². The Kier molecular flexibility index (Phi) is 18.1. The van der Waals surface area contributed by atoms with E-state index in [2.05, 4.69) is 18.6 Å². The molecule has 8 nitrogen and oxygen atoms in total. The minimum atomic E-state index is -4.54. The van der Waals surface area contributed by atoms with Gasteiger partial charge in [-0.05, 0) is 147 Å². The van der Waals surface area contributed by atoms with Crippen LogP contribution >= 0.6 is 0 Å².